The quantitative estimate of drug-likeness (QED) is 0.259. The van der Waals surface area contributed by atoms with Crippen LogP contribution in [0.1, 0.15) is 16.3 Å². The normalized spacial score (nSPS) is 11.1. The average molecular weight is 336 g/mol. The van der Waals surface area contributed by atoms with Crippen molar-refractivity contribution in [1.82, 2.24) is 0 Å². The smallest absolute Gasteiger partial charge is 0.379 e. The molecule has 0 fully saturated rings. The van der Waals surface area contributed by atoms with Crippen molar-refractivity contribution in [3.05, 3.63) is 70.5 Å². The first-order valence-corrected chi connectivity index (χ1v) is 7.49. The Bertz CT molecular complexity index is 1180. The van der Waals surface area contributed by atoms with E-state index in [1.165, 1.54) is 24.3 Å². The number of carbonyl (C=O) groups is 1. The van der Waals surface area contributed by atoms with E-state index in [1.54, 1.807) is 31.2 Å². The van der Waals surface area contributed by atoms with Gasteiger partial charge in [-0.2, -0.15) is 0 Å². The summed E-state index contributed by atoms with van der Waals surface area (Å²) in [6, 6.07) is 12.4. The molecule has 6 nitrogen and oxygen atoms in total. The zero-order chi connectivity index (χ0) is 17.6. The summed E-state index contributed by atoms with van der Waals surface area (Å²) in [5.41, 5.74) is -0.298. The molecule has 2 heterocycles. The molecule has 0 amide bonds. The molecule has 6 heteroatoms. The summed E-state index contributed by atoms with van der Waals surface area (Å²) in [5.74, 6) is 0.269. The van der Waals surface area contributed by atoms with Gasteiger partial charge in [0.15, 0.2) is 0 Å². The monoisotopic (exact) mass is 336 g/mol. The lowest BCUT2D eigenvalue weighted by molar-refractivity contribution is 0.0700. The lowest BCUT2D eigenvalue weighted by Gasteiger charge is -2.06. The number of aromatic hydroxyl groups is 1. The van der Waals surface area contributed by atoms with Gasteiger partial charge in [-0.1, -0.05) is 0 Å². The first-order chi connectivity index (χ1) is 12.0. The first kappa shape index (κ1) is 15.0. The fraction of sp³-hybridized carbons (Fsp3) is 0.0526. The third kappa shape index (κ3) is 2.63. The predicted octanol–water partition coefficient (Wildman–Crippen LogP) is 3.77. The highest BCUT2D eigenvalue weighted by molar-refractivity contribution is 6.05. The molecule has 0 aliphatic heterocycles. The number of hydrogen-bond donors (Lipinski definition) is 1. The van der Waals surface area contributed by atoms with Crippen LogP contribution in [0.15, 0.2) is 62.2 Å². The first-order valence-electron chi connectivity index (χ1n) is 7.49. The zero-order valence-corrected chi connectivity index (χ0v) is 13.1. The minimum Gasteiger partial charge on any atom is -0.508 e. The van der Waals surface area contributed by atoms with Crippen LogP contribution in [0, 0.1) is 6.92 Å². The van der Waals surface area contributed by atoms with Crippen molar-refractivity contribution in [1.29, 1.82) is 0 Å². The number of fused-ring (bicyclic) bond motifs is 3. The van der Waals surface area contributed by atoms with Crippen LogP contribution in [0.5, 0.6) is 11.5 Å². The minimum atomic E-state index is -0.638. The number of hydrogen-bond acceptors (Lipinski definition) is 6. The summed E-state index contributed by atoms with van der Waals surface area (Å²) >= 11 is 0. The second-order valence-corrected chi connectivity index (χ2v) is 5.58. The predicted molar refractivity (Wildman–Crippen MR) is 90.1 cm³/mol. The van der Waals surface area contributed by atoms with Crippen LogP contribution in [-0.4, -0.2) is 11.1 Å². The number of aryl methyl sites for hydroxylation is 1. The Balaban J connectivity index is 1.78. The number of esters is 1. The molecule has 0 atom stereocenters. The van der Waals surface area contributed by atoms with E-state index in [-0.39, 0.29) is 28.2 Å². The minimum absolute atomic E-state index is 0.0153. The molecule has 0 saturated carbocycles. The maximum Gasteiger partial charge on any atom is 0.379 e. The Kier molecular flexibility index (Phi) is 3.32. The van der Waals surface area contributed by atoms with Gasteiger partial charge in [0.25, 0.3) is 0 Å². The van der Waals surface area contributed by atoms with E-state index < -0.39 is 11.6 Å². The van der Waals surface area contributed by atoms with Crippen LogP contribution in [0.2, 0.25) is 0 Å². The van der Waals surface area contributed by atoms with Gasteiger partial charge in [-0.15, -0.1) is 0 Å². The van der Waals surface area contributed by atoms with E-state index in [0.717, 1.165) is 0 Å². The summed E-state index contributed by atoms with van der Waals surface area (Å²) in [4.78, 5) is 24.1. The van der Waals surface area contributed by atoms with Crippen LogP contribution in [0.4, 0.5) is 0 Å². The molecule has 0 bridgehead atoms. The van der Waals surface area contributed by atoms with Crippen LogP contribution >= 0.6 is 0 Å². The Labute approximate surface area is 140 Å². The van der Waals surface area contributed by atoms with E-state index in [4.69, 9.17) is 13.6 Å². The molecule has 0 aliphatic rings. The molecule has 4 rings (SSSR count). The van der Waals surface area contributed by atoms with E-state index in [0.29, 0.717) is 16.5 Å². The maximum absolute atomic E-state index is 12.1. The van der Waals surface area contributed by atoms with Gasteiger partial charge in [-0.05, 0) is 49.4 Å². The maximum atomic E-state index is 12.1. The van der Waals surface area contributed by atoms with Crippen molar-refractivity contribution in [2.24, 2.45) is 0 Å². The third-order valence-electron chi connectivity index (χ3n) is 3.82. The fourth-order valence-corrected chi connectivity index (χ4v) is 2.67. The van der Waals surface area contributed by atoms with Gasteiger partial charge in [-0.25, -0.2) is 9.59 Å². The lowest BCUT2D eigenvalue weighted by Crippen LogP contribution is -2.07. The largest absolute Gasteiger partial charge is 0.508 e. The Morgan fingerprint density at radius 3 is 2.52 bits per heavy atom. The van der Waals surface area contributed by atoms with Crippen molar-refractivity contribution in [3.63, 3.8) is 0 Å². The second kappa shape index (κ2) is 5.52. The SMILES string of the molecule is Cc1ccc(C(=O)Oc2ccc3c(c2)oc(=O)c2cc(O)ccc23)o1. The lowest BCUT2D eigenvalue weighted by atomic mass is 10.1. The van der Waals surface area contributed by atoms with Crippen molar-refractivity contribution in [2.75, 3.05) is 0 Å². The molecule has 0 spiro atoms. The molecule has 4 aromatic rings. The van der Waals surface area contributed by atoms with Crippen molar-refractivity contribution in [3.8, 4) is 11.5 Å². The van der Waals surface area contributed by atoms with Gasteiger partial charge in [-0.3, -0.25) is 0 Å². The van der Waals surface area contributed by atoms with Gasteiger partial charge in [0, 0.05) is 16.8 Å². The zero-order valence-electron chi connectivity index (χ0n) is 13.1. The second-order valence-electron chi connectivity index (χ2n) is 5.58. The number of furan rings is 1. The van der Waals surface area contributed by atoms with Gasteiger partial charge >= 0.3 is 11.6 Å². The number of phenolic OH excluding ortho intramolecular Hbond substituents is 1. The Morgan fingerprint density at radius 1 is 0.960 bits per heavy atom. The van der Waals surface area contributed by atoms with Crippen LogP contribution < -0.4 is 10.4 Å². The third-order valence-corrected chi connectivity index (χ3v) is 3.82. The molecule has 2 aromatic heterocycles. The number of benzene rings is 2. The van der Waals surface area contributed by atoms with Gasteiger partial charge in [0.1, 0.15) is 22.8 Å². The summed E-state index contributed by atoms with van der Waals surface area (Å²) < 4.78 is 15.8. The average Bonchev–Trinajstić information content (AvgIpc) is 3.02. The van der Waals surface area contributed by atoms with E-state index in [2.05, 4.69) is 0 Å². The number of carbonyl (C=O) groups excluding carboxylic acids is 1. The molecule has 0 radical (unpaired) electrons. The van der Waals surface area contributed by atoms with Crippen molar-refractivity contribution in [2.45, 2.75) is 6.92 Å². The Hall–Kier alpha value is -3.54. The molecular formula is C19H12O6. The number of ether oxygens (including phenoxy) is 1. The number of rotatable bonds is 2. The molecule has 0 saturated heterocycles. The highest BCUT2D eigenvalue weighted by Crippen LogP contribution is 2.28. The summed E-state index contributed by atoms with van der Waals surface area (Å²) in [6.45, 7) is 1.73. The highest BCUT2D eigenvalue weighted by atomic mass is 16.5. The fourth-order valence-electron chi connectivity index (χ4n) is 2.67. The van der Waals surface area contributed by atoms with Gasteiger partial charge in [0.05, 0.1) is 5.39 Å². The molecule has 2 aromatic carbocycles. The summed E-state index contributed by atoms with van der Waals surface area (Å²) in [5, 5.41) is 11.1. The van der Waals surface area contributed by atoms with Gasteiger partial charge in [0.2, 0.25) is 5.76 Å². The Morgan fingerprint density at radius 2 is 1.76 bits per heavy atom. The topological polar surface area (TPSA) is 89.9 Å². The van der Waals surface area contributed by atoms with Crippen molar-refractivity contribution < 1.29 is 23.5 Å². The molecule has 0 unspecified atom stereocenters. The number of phenols is 1. The van der Waals surface area contributed by atoms with E-state index in [1.807, 2.05) is 0 Å². The highest BCUT2D eigenvalue weighted by Gasteiger charge is 2.14. The molecule has 0 aliphatic carbocycles. The molecular weight excluding hydrogens is 324 g/mol. The van der Waals surface area contributed by atoms with E-state index in [9.17, 15) is 14.7 Å². The van der Waals surface area contributed by atoms with Crippen LogP contribution in [0.3, 0.4) is 0 Å². The summed E-state index contributed by atoms with van der Waals surface area (Å²) in [6.07, 6.45) is 0. The van der Waals surface area contributed by atoms with Crippen molar-refractivity contribution >= 4 is 27.7 Å². The molecule has 25 heavy (non-hydrogen) atoms. The van der Waals surface area contributed by atoms with E-state index >= 15 is 0 Å². The molecule has 124 valence electrons. The molecule has 1 N–H and O–H groups in total. The standard InChI is InChI=1S/C19H12O6/c1-10-2-7-16(23-10)19(22)24-12-4-6-14-13-5-3-11(20)8-15(13)18(21)25-17(14)9-12/h2-9,20H,1H3. The van der Waals surface area contributed by atoms with Gasteiger partial charge < -0.3 is 18.7 Å². The summed E-state index contributed by atoms with van der Waals surface area (Å²) in [7, 11) is 0. The van der Waals surface area contributed by atoms with Crippen LogP contribution in [-0.2, 0) is 0 Å². The van der Waals surface area contributed by atoms with Crippen LogP contribution in [0.25, 0.3) is 21.7 Å².